The SMILES string of the molecule is NC1=NC(N)(Cc2ccc3c(c2)CCO3)NC=C1[N+](=O)[O-]. The van der Waals surface area contributed by atoms with Crippen molar-refractivity contribution in [1.82, 2.24) is 5.32 Å². The fourth-order valence-electron chi connectivity index (χ4n) is 2.47. The minimum Gasteiger partial charge on any atom is -0.493 e. The molecular weight excluding hydrogens is 274 g/mol. The number of amidine groups is 1. The molecule has 1 aromatic carbocycles. The standard InChI is InChI=1S/C13H15N5O3/c14-12-10(18(19)20)7-16-13(15,17-12)6-8-1-2-11-9(5-8)3-4-21-11/h1-2,5,7,16H,3-4,6,15H2,(H2,14,17). The molecule has 8 heteroatoms. The summed E-state index contributed by atoms with van der Waals surface area (Å²) in [6.45, 7) is 0.685. The summed E-state index contributed by atoms with van der Waals surface area (Å²) in [5.41, 5.74) is 13.5. The zero-order valence-electron chi connectivity index (χ0n) is 11.2. The van der Waals surface area contributed by atoms with Gasteiger partial charge >= 0.3 is 5.70 Å². The molecule has 0 radical (unpaired) electrons. The van der Waals surface area contributed by atoms with E-state index < -0.39 is 10.7 Å². The predicted molar refractivity (Wildman–Crippen MR) is 76.1 cm³/mol. The summed E-state index contributed by atoms with van der Waals surface area (Å²) in [4.78, 5) is 14.2. The van der Waals surface area contributed by atoms with Crippen LogP contribution in [0.25, 0.3) is 0 Å². The van der Waals surface area contributed by atoms with Crippen molar-refractivity contribution in [2.45, 2.75) is 18.6 Å². The Labute approximate surface area is 120 Å². The van der Waals surface area contributed by atoms with Gasteiger partial charge in [-0.1, -0.05) is 12.1 Å². The second-order valence-corrected chi connectivity index (χ2v) is 5.07. The highest BCUT2D eigenvalue weighted by molar-refractivity contribution is 5.95. The van der Waals surface area contributed by atoms with Crippen molar-refractivity contribution in [1.29, 1.82) is 0 Å². The number of nitrogens with two attached hydrogens (primary N) is 2. The summed E-state index contributed by atoms with van der Waals surface area (Å²) in [5, 5.41) is 13.5. The number of nitro groups is 1. The van der Waals surface area contributed by atoms with Crippen molar-refractivity contribution in [3.8, 4) is 5.75 Å². The van der Waals surface area contributed by atoms with E-state index in [0.29, 0.717) is 13.0 Å². The highest BCUT2D eigenvalue weighted by Crippen LogP contribution is 2.27. The minimum atomic E-state index is -1.18. The van der Waals surface area contributed by atoms with Crippen LogP contribution in [0.5, 0.6) is 5.75 Å². The largest absolute Gasteiger partial charge is 0.493 e. The van der Waals surface area contributed by atoms with E-state index in [1.165, 1.54) is 6.20 Å². The summed E-state index contributed by atoms with van der Waals surface area (Å²) >= 11 is 0. The van der Waals surface area contributed by atoms with Crippen molar-refractivity contribution in [3.63, 3.8) is 0 Å². The summed E-state index contributed by atoms with van der Waals surface area (Å²) < 4.78 is 5.45. The number of benzene rings is 1. The Hall–Kier alpha value is -2.61. The van der Waals surface area contributed by atoms with E-state index in [9.17, 15) is 10.1 Å². The first-order chi connectivity index (χ1) is 9.97. The van der Waals surface area contributed by atoms with Gasteiger partial charge in [-0.15, -0.1) is 0 Å². The molecule has 1 aromatic rings. The summed E-state index contributed by atoms with van der Waals surface area (Å²) in [6, 6.07) is 5.81. The molecule has 0 amide bonds. The molecule has 1 unspecified atom stereocenters. The molecule has 21 heavy (non-hydrogen) atoms. The molecule has 0 saturated carbocycles. The van der Waals surface area contributed by atoms with Crippen LogP contribution in [0, 0.1) is 10.1 Å². The minimum absolute atomic E-state index is 0.175. The molecule has 8 nitrogen and oxygen atoms in total. The first-order valence-corrected chi connectivity index (χ1v) is 6.48. The van der Waals surface area contributed by atoms with Gasteiger partial charge in [0.05, 0.1) is 17.7 Å². The highest BCUT2D eigenvalue weighted by atomic mass is 16.6. The lowest BCUT2D eigenvalue weighted by atomic mass is 10.0. The lowest BCUT2D eigenvalue weighted by Crippen LogP contribution is -2.55. The number of ether oxygens (including phenoxy) is 1. The third-order valence-corrected chi connectivity index (χ3v) is 3.47. The molecule has 0 saturated heterocycles. The summed E-state index contributed by atoms with van der Waals surface area (Å²) in [6.07, 6.45) is 2.42. The maximum Gasteiger partial charge on any atom is 0.326 e. The zero-order valence-corrected chi connectivity index (χ0v) is 11.2. The van der Waals surface area contributed by atoms with E-state index in [1.807, 2.05) is 18.2 Å². The average Bonchev–Trinajstić information content (AvgIpc) is 2.85. The van der Waals surface area contributed by atoms with Crippen molar-refractivity contribution in [3.05, 3.63) is 51.3 Å². The van der Waals surface area contributed by atoms with Crippen LogP contribution in [0.3, 0.4) is 0 Å². The van der Waals surface area contributed by atoms with Gasteiger partial charge in [-0.2, -0.15) is 0 Å². The maximum atomic E-state index is 10.7. The number of hydrogen-bond donors (Lipinski definition) is 3. The van der Waals surface area contributed by atoms with Gasteiger partial charge in [0.2, 0.25) is 5.84 Å². The second kappa shape index (κ2) is 4.74. The summed E-state index contributed by atoms with van der Waals surface area (Å²) in [5.74, 6) is -0.470. The first-order valence-electron chi connectivity index (χ1n) is 6.48. The van der Waals surface area contributed by atoms with Crippen LogP contribution in [-0.2, 0) is 12.8 Å². The number of hydrogen-bond acceptors (Lipinski definition) is 7. The number of aliphatic imine (C=N–C) groups is 1. The number of fused-ring (bicyclic) bond motifs is 1. The van der Waals surface area contributed by atoms with E-state index in [4.69, 9.17) is 16.2 Å². The van der Waals surface area contributed by atoms with Gasteiger partial charge < -0.3 is 15.8 Å². The van der Waals surface area contributed by atoms with E-state index >= 15 is 0 Å². The topological polar surface area (TPSA) is 129 Å². The number of nitrogens with one attached hydrogen (secondary N) is 1. The fraction of sp³-hybridized carbons (Fsp3) is 0.308. The quantitative estimate of drug-likeness (QED) is 0.524. The van der Waals surface area contributed by atoms with Crippen molar-refractivity contribution >= 4 is 5.84 Å². The van der Waals surface area contributed by atoms with Crippen LogP contribution in [0.4, 0.5) is 0 Å². The van der Waals surface area contributed by atoms with Crippen LogP contribution >= 0.6 is 0 Å². The molecule has 0 spiro atoms. The third kappa shape index (κ3) is 2.52. The zero-order chi connectivity index (χ0) is 15.0. The fourth-order valence-corrected chi connectivity index (χ4v) is 2.47. The van der Waals surface area contributed by atoms with Crippen molar-refractivity contribution in [2.75, 3.05) is 6.61 Å². The smallest absolute Gasteiger partial charge is 0.326 e. The van der Waals surface area contributed by atoms with Gasteiger partial charge in [-0.25, -0.2) is 4.99 Å². The van der Waals surface area contributed by atoms with Gasteiger partial charge in [-0.05, 0) is 17.2 Å². The van der Waals surface area contributed by atoms with E-state index in [1.54, 1.807) is 0 Å². The van der Waals surface area contributed by atoms with Gasteiger partial charge in [0.1, 0.15) is 5.75 Å². The molecule has 2 aliphatic rings. The molecular formula is C13H15N5O3. The summed E-state index contributed by atoms with van der Waals surface area (Å²) in [7, 11) is 0. The molecule has 0 aromatic heterocycles. The average molecular weight is 289 g/mol. The molecule has 0 bridgehead atoms. The molecule has 3 rings (SSSR count). The Bertz CT molecular complexity index is 670. The van der Waals surface area contributed by atoms with Crippen LogP contribution in [-0.4, -0.2) is 23.2 Å². The van der Waals surface area contributed by atoms with Crippen LogP contribution < -0.4 is 21.5 Å². The second-order valence-electron chi connectivity index (χ2n) is 5.07. The van der Waals surface area contributed by atoms with Gasteiger partial charge in [-0.3, -0.25) is 15.8 Å². The molecule has 2 heterocycles. The van der Waals surface area contributed by atoms with E-state index in [0.717, 1.165) is 23.3 Å². The monoisotopic (exact) mass is 289 g/mol. The first kappa shape index (κ1) is 13.4. The van der Waals surface area contributed by atoms with Gasteiger partial charge in [0.15, 0.2) is 5.79 Å². The molecule has 1 atom stereocenters. The Morgan fingerprint density at radius 3 is 3.05 bits per heavy atom. The lowest BCUT2D eigenvalue weighted by molar-refractivity contribution is -0.416. The lowest BCUT2D eigenvalue weighted by Gasteiger charge is -2.28. The predicted octanol–water partition coefficient (Wildman–Crippen LogP) is -0.145. The van der Waals surface area contributed by atoms with Crippen molar-refractivity contribution < 1.29 is 9.66 Å². The Balaban J connectivity index is 1.81. The van der Waals surface area contributed by atoms with E-state index in [2.05, 4.69) is 10.3 Å². The Morgan fingerprint density at radius 1 is 1.52 bits per heavy atom. The molecule has 110 valence electrons. The van der Waals surface area contributed by atoms with Gasteiger partial charge in [0, 0.05) is 12.8 Å². The van der Waals surface area contributed by atoms with Crippen LogP contribution in [0.2, 0.25) is 0 Å². The Morgan fingerprint density at radius 2 is 2.33 bits per heavy atom. The Kier molecular flexibility index (Phi) is 3.02. The molecule has 5 N–H and O–H groups in total. The van der Waals surface area contributed by atoms with E-state index in [-0.39, 0.29) is 11.5 Å². The number of nitrogens with zero attached hydrogens (tertiary/aromatic N) is 2. The van der Waals surface area contributed by atoms with Crippen molar-refractivity contribution in [2.24, 2.45) is 16.5 Å². The molecule has 2 aliphatic heterocycles. The van der Waals surface area contributed by atoms with Gasteiger partial charge in [0.25, 0.3) is 0 Å². The van der Waals surface area contributed by atoms with Crippen LogP contribution in [0.15, 0.2) is 35.1 Å². The highest BCUT2D eigenvalue weighted by Gasteiger charge is 2.32. The normalized spacial score (nSPS) is 23.5. The number of rotatable bonds is 3. The molecule has 0 fully saturated rings. The molecule has 0 aliphatic carbocycles. The maximum absolute atomic E-state index is 10.7. The van der Waals surface area contributed by atoms with Crippen LogP contribution in [0.1, 0.15) is 11.1 Å². The third-order valence-electron chi connectivity index (χ3n) is 3.47.